The van der Waals surface area contributed by atoms with Crippen molar-refractivity contribution in [1.82, 2.24) is 19.7 Å². The van der Waals surface area contributed by atoms with Gasteiger partial charge in [0.25, 0.3) is 11.8 Å². The number of carbonyl (C=O) groups excluding carboxylic acids is 1. The number of alkyl halides is 8. The van der Waals surface area contributed by atoms with Crippen molar-refractivity contribution in [3.63, 3.8) is 0 Å². The number of amides is 1. The molecule has 1 aliphatic heterocycles. The van der Waals surface area contributed by atoms with E-state index < -0.39 is 59.8 Å². The quantitative estimate of drug-likeness (QED) is 0.533. The van der Waals surface area contributed by atoms with Crippen molar-refractivity contribution in [2.75, 3.05) is 13.1 Å². The monoisotopic (exact) mass is 440 g/mol. The van der Waals surface area contributed by atoms with Crippen LogP contribution in [0.1, 0.15) is 11.1 Å². The van der Waals surface area contributed by atoms with Gasteiger partial charge in [0.15, 0.2) is 5.82 Å². The van der Waals surface area contributed by atoms with E-state index in [1.54, 1.807) is 0 Å². The van der Waals surface area contributed by atoms with Crippen molar-refractivity contribution in [2.24, 2.45) is 0 Å². The molecule has 2 aromatic rings. The van der Waals surface area contributed by atoms with Gasteiger partial charge >= 0.3 is 12.4 Å². The zero-order chi connectivity index (χ0) is 22.5. The normalized spacial score (nSPS) is 16.3. The van der Waals surface area contributed by atoms with E-state index in [0.29, 0.717) is 12.1 Å². The highest BCUT2D eigenvalue weighted by atomic mass is 19.4. The average Bonchev–Trinajstić information content (AvgIpc) is 3.05. The molecule has 1 saturated heterocycles. The molecule has 0 aliphatic carbocycles. The Hall–Kier alpha value is -2.99. The molecule has 0 unspecified atom stereocenters. The third-order valence-electron chi connectivity index (χ3n) is 4.17. The predicted molar refractivity (Wildman–Crippen MR) is 86.1 cm³/mol. The third-order valence-corrected chi connectivity index (χ3v) is 4.17. The first-order valence-corrected chi connectivity index (χ1v) is 8.20. The summed E-state index contributed by atoms with van der Waals surface area (Å²) < 4.78 is 104. The molecular weight excluding hydrogens is 428 g/mol. The predicted octanol–water partition coefficient (Wildman–Crippen LogP) is 4.02. The van der Waals surface area contributed by atoms with Gasteiger partial charge in [-0.1, -0.05) is 6.58 Å². The van der Waals surface area contributed by atoms with Crippen molar-refractivity contribution < 1.29 is 39.9 Å². The van der Waals surface area contributed by atoms with Crippen LogP contribution in [0.5, 0.6) is 0 Å². The van der Waals surface area contributed by atoms with Gasteiger partial charge in [-0.2, -0.15) is 31.4 Å². The lowest BCUT2D eigenvalue weighted by Crippen LogP contribution is -2.58. The van der Waals surface area contributed by atoms with Crippen LogP contribution in [-0.2, 0) is 23.7 Å². The Balaban J connectivity index is 1.82. The molecular formula is C17H12F8N4O. The van der Waals surface area contributed by atoms with Gasteiger partial charge in [-0.25, -0.2) is 18.4 Å². The molecule has 5 nitrogen and oxygen atoms in total. The molecule has 30 heavy (non-hydrogen) atoms. The van der Waals surface area contributed by atoms with E-state index in [-0.39, 0.29) is 18.2 Å². The number of carbonyl (C=O) groups is 1. The molecule has 3 rings (SSSR count). The van der Waals surface area contributed by atoms with Gasteiger partial charge in [0.05, 0.1) is 30.8 Å². The molecule has 0 atom stereocenters. The average molecular weight is 440 g/mol. The second-order valence-electron chi connectivity index (χ2n) is 6.68. The maximum Gasteiger partial charge on any atom is 0.416 e. The topological polar surface area (TPSA) is 51.0 Å². The molecule has 0 radical (unpaired) electrons. The van der Waals surface area contributed by atoms with Gasteiger partial charge in [0, 0.05) is 11.1 Å². The van der Waals surface area contributed by atoms with E-state index in [2.05, 4.69) is 16.7 Å². The number of nitrogens with zero attached hydrogens (tertiary/aromatic N) is 4. The lowest BCUT2D eigenvalue weighted by molar-refractivity contribution is -0.162. The first kappa shape index (κ1) is 21.7. The number of rotatable bonds is 4. The van der Waals surface area contributed by atoms with E-state index >= 15 is 0 Å². The van der Waals surface area contributed by atoms with Crippen LogP contribution in [0.25, 0.3) is 11.4 Å². The molecule has 1 fully saturated rings. The fraction of sp³-hybridized carbons (Fsp3) is 0.353. The summed E-state index contributed by atoms with van der Waals surface area (Å²) in [6, 6.07) is 0.915. The van der Waals surface area contributed by atoms with Gasteiger partial charge in [0.1, 0.15) is 6.33 Å². The van der Waals surface area contributed by atoms with Gasteiger partial charge < -0.3 is 4.90 Å². The minimum atomic E-state index is -5.03. The fourth-order valence-electron chi connectivity index (χ4n) is 2.73. The molecule has 1 amide bonds. The van der Waals surface area contributed by atoms with Crippen LogP contribution in [0.15, 0.2) is 36.7 Å². The summed E-state index contributed by atoms with van der Waals surface area (Å²) in [6.07, 6.45) is -9.08. The molecule has 1 aliphatic rings. The van der Waals surface area contributed by atoms with Gasteiger partial charge in [-0.15, -0.1) is 0 Å². The second kappa shape index (κ2) is 7.06. The van der Waals surface area contributed by atoms with Crippen LogP contribution in [-0.4, -0.2) is 44.6 Å². The highest BCUT2D eigenvalue weighted by Crippen LogP contribution is 2.38. The Morgan fingerprint density at radius 1 is 1.03 bits per heavy atom. The smallest absolute Gasteiger partial charge is 0.327 e. The molecule has 0 bridgehead atoms. The molecule has 1 aromatic carbocycles. The van der Waals surface area contributed by atoms with Crippen LogP contribution >= 0.6 is 0 Å². The van der Waals surface area contributed by atoms with Gasteiger partial charge in [0.2, 0.25) is 0 Å². The molecule has 0 N–H and O–H groups in total. The van der Waals surface area contributed by atoms with E-state index in [4.69, 9.17) is 0 Å². The number of hydrogen-bond donors (Lipinski definition) is 0. The van der Waals surface area contributed by atoms with Crippen molar-refractivity contribution in [1.29, 1.82) is 0 Å². The minimum absolute atomic E-state index is 0.0240. The largest absolute Gasteiger partial charge is 0.416 e. The third kappa shape index (κ3) is 4.60. The first-order valence-electron chi connectivity index (χ1n) is 8.20. The van der Waals surface area contributed by atoms with E-state index in [1.165, 1.54) is 0 Å². The summed E-state index contributed by atoms with van der Waals surface area (Å²) in [5.74, 6) is -4.19. The summed E-state index contributed by atoms with van der Waals surface area (Å²) >= 11 is 0. The van der Waals surface area contributed by atoms with Crippen LogP contribution < -0.4 is 0 Å². The zero-order valence-electron chi connectivity index (χ0n) is 14.9. The highest BCUT2D eigenvalue weighted by Gasteiger charge is 2.46. The summed E-state index contributed by atoms with van der Waals surface area (Å²) in [7, 11) is 0. The summed E-state index contributed by atoms with van der Waals surface area (Å²) in [5, 5.41) is 3.77. The van der Waals surface area contributed by atoms with E-state index in [1.807, 2.05) is 0 Å². The summed E-state index contributed by atoms with van der Waals surface area (Å²) in [5.41, 5.74) is -3.74. The molecule has 0 saturated carbocycles. The lowest BCUT2D eigenvalue weighted by Gasteiger charge is -2.38. The zero-order valence-corrected chi connectivity index (χ0v) is 14.9. The Morgan fingerprint density at radius 2 is 1.57 bits per heavy atom. The maximum absolute atomic E-state index is 13.0. The highest BCUT2D eigenvalue weighted by molar-refractivity contribution is 5.93. The number of benzene rings is 1. The maximum atomic E-state index is 13.0. The summed E-state index contributed by atoms with van der Waals surface area (Å²) in [6.45, 7) is 1.59. The van der Waals surface area contributed by atoms with Crippen molar-refractivity contribution in [2.45, 2.75) is 24.8 Å². The first-order chi connectivity index (χ1) is 13.7. The fourth-order valence-corrected chi connectivity index (χ4v) is 2.73. The number of aromatic nitrogens is 3. The van der Waals surface area contributed by atoms with Crippen molar-refractivity contribution >= 4 is 5.91 Å². The molecule has 13 heteroatoms. The minimum Gasteiger partial charge on any atom is -0.327 e. The Morgan fingerprint density at radius 3 is 2.03 bits per heavy atom. The number of halogens is 8. The standard InChI is InChI=1S/C17H12F8N4O/c1-9(14(30)28-6-15(18,19)7-28)5-29-8-26-13(27-29)10-2-11(16(20,21)22)4-12(3-10)17(23,24)25/h2-4,8H,1,5-7H2. The number of likely N-dealkylation sites (tertiary alicyclic amines) is 1. The Labute approximate surface area is 163 Å². The molecule has 2 heterocycles. The molecule has 0 spiro atoms. The van der Waals surface area contributed by atoms with Crippen LogP contribution in [0.2, 0.25) is 0 Å². The Kier molecular flexibility index (Phi) is 5.11. The van der Waals surface area contributed by atoms with Gasteiger partial charge in [-0.05, 0) is 18.2 Å². The van der Waals surface area contributed by atoms with Crippen LogP contribution in [0, 0.1) is 0 Å². The van der Waals surface area contributed by atoms with Crippen LogP contribution in [0.4, 0.5) is 35.1 Å². The van der Waals surface area contributed by atoms with Crippen molar-refractivity contribution in [3.8, 4) is 11.4 Å². The molecule has 1 aromatic heterocycles. The van der Waals surface area contributed by atoms with E-state index in [0.717, 1.165) is 15.9 Å². The van der Waals surface area contributed by atoms with E-state index in [9.17, 15) is 39.9 Å². The summed E-state index contributed by atoms with van der Waals surface area (Å²) in [4.78, 5) is 16.5. The second-order valence-corrected chi connectivity index (χ2v) is 6.68. The molecule has 162 valence electrons. The Bertz CT molecular complexity index is 952. The van der Waals surface area contributed by atoms with Crippen LogP contribution in [0.3, 0.4) is 0 Å². The number of hydrogen-bond acceptors (Lipinski definition) is 3. The lowest BCUT2D eigenvalue weighted by atomic mass is 10.0. The van der Waals surface area contributed by atoms with Gasteiger partial charge in [-0.3, -0.25) is 4.79 Å². The SMILES string of the molecule is C=C(Cn1cnc(-c2cc(C(F)(F)F)cc(C(F)(F)F)c2)n1)C(=O)N1CC(F)(F)C1. The van der Waals surface area contributed by atoms with Crippen molar-refractivity contribution in [3.05, 3.63) is 47.8 Å².